The third kappa shape index (κ3) is 2.51. The fourth-order valence-corrected chi connectivity index (χ4v) is 3.08. The molecule has 1 aromatic heterocycles. The minimum Gasteiger partial charge on any atom is -0.724 e. The van der Waals surface area contributed by atoms with Crippen LogP contribution in [0.2, 0.25) is 0 Å². The SMILES string of the molecule is Cn1ncc2c1[C@@H](C(N)=O)N1C[C@H]2N(OS(=O)(=O)[O-])C1=O.[Na+]. The number of primary amides is 1. The molecule has 3 amide bonds. The molecule has 2 N–H and O–H groups in total. The maximum absolute atomic E-state index is 12.1. The molecule has 22 heavy (non-hydrogen) atoms. The summed E-state index contributed by atoms with van der Waals surface area (Å²) in [7, 11) is -3.57. The van der Waals surface area contributed by atoms with Crippen LogP contribution in [0.15, 0.2) is 6.20 Å². The van der Waals surface area contributed by atoms with Crippen molar-refractivity contribution in [2.45, 2.75) is 12.1 Å². The number of hydroxylamine groups is 2. The second-order valence-corrected chi connectivity index (χ2v) is 5.64. The predicted molar refractivity (Wildman–Crippen MR) is 62.6 cm³/mol. The van der Waals surface area contributed by atoms with Crippen molar-refractivity contribution in [1.82, 2.24) is 19.7 Å². The Morgan fingerprint density at radius 1 is 1.55 bits per heavy atom. The summed E-state index contributed by atoms with van der Waals surface area (Å²) in [6.45, 7) is -0.0271. The van der Waals surface area contributed by atoms with Gasteiger partial charge in [-0.2, -0.15) is 14.4 Å². The molecule has 2 atom stereocenters. The van der Waals surface area contributed by atoms with Gasteiger partial charge in [0, 0.05) is 12.6 Å². The van der Waals surface area contributed by atoms with Gasteiger partial charge in [0.2, 0.25) is 16.3 Å². The predicted octanol–water partition coefficient (Wildman–Crippen LogP) is -4.87. The van der Waals surface area contributed by atoms with Crippen LogP contribution in [-0.4, -0.2) is 51.2 Å². The summed E-state index contributed by atoms with van der Waals surface area (Å²) in [4.78, 5) is 24.8. The molecule has 1 fully saturated rings. The van der Waals surface area contributed by atoms with Crippen molar-refractivity contribution in [3.05, 3.63) is 17.5 Å². The molecular weight excluding hydrogens is 329 g/mol. The number of hydrogen-bond acceptors (Lipinski definition) is 7. The molecule has 1 saturated heterocycles. The van der Waals surface area contributed by atoms with Crippen LogP contribution in [0.25, 0.3) is 0 Å². The van der Waals surface area contributed by atoms with E-state index in [0.717, 1.165) is 4.90 Å². The molecule has 1 aromatic rings. The van der Waals surface area contributed by atoms with Gasteiger partial charge in [0.1, 0.15) is 6.04 Å². The third-order valence-electron chi connectivity index (χ3n) is 3.47. The Labute approximate surface area is 147 Å². The zero-order chi connectivity index (χ0) is 15.5. The van der Waals surface area contributed by atoms with Gasteiger partial charge in [-0.3, -0.25) is 9.48 Å². The average Bonchev–Trinajstić information content (AvgIpc) is 2.84. The Bertz CT molecular complexity index is 748. The second kappa shape index (κ2) is 5.47. The fourth-order valence-electron chi connectivity index (χ4n) is 2.71. The summed E-state index contributed by atoms with van der Waals surface area (Å²) in [5, 5.41) is 4.40. The van der Waals surface area contributed by atoms with Crippen LogP contribution in [0.1, 0.15) is 23.3 Å². The van der Waals surface area contributed by atoms with E-state index >= 15 is 0 Å². The van der Waals surface area contributed by atoms with Gasteiger partial charge in [-0.1, -0.05) is 0 Å². The summed E-state index contributed by atoms with van der Waals surface area (Å²) in [5.74, 6) is -0.793. The number of carbonyl (C=O) groups is 2. The zero-order valence-electron chi connectivity index (χ0n) is 11.7. The van der Waals surface area contributed by atoms with Crippen molar-refractivity contribution in [3.63, 3.8) is 0 Å². The summed E-state index contributed by atoms with van der Waals surface area (Å²) >= 11 is 0. The molecule has 3 heterocycles. The minimum atomic E-state index is -5.13. The summed E-state index contributed by atoms with van der Waals surface area (Å²) in [6, 6.07) is -2.86. The number of aryl methyl sites for hydroxylation is 1. The molecular formula is C9H10N5NaO6S. The van der Waals surface area contributed by atoms with Crippen molar-refractivity contribution >= 4 is 22.3 Å². The molecule has 0 spiro atoms. The maximum Gasteiger partial charge on any atom is 1.00 e. The third-order valence-corrected chi connectivity index (χ3v) is 3.82. The molecule has 0 unspecified atom stereocenters. The van der Waals surface area contributed by atoms with Gasteiger partial charge in [0.15, 0.2) is 6.04 Å². The first-order valence-corrected chi connectivity index (χ1v) is 7.10. The second-order valence-electron chi connectivity index (χ2n) is 4.67. The number of nitrogens with zero attached hydrogens (tertiary/aromatic N) is 4. The van der Waals surface area contributed by atoms with Crippen LogP contribution in [0, 0.1) is 0 Å². The van der Waals surface area contributed by atoms with Crippen molar-refractivity contribution < 1.29 is 56.4 Å². The van der Waals surface area contributed by atoms with Crippen LogP contribution >= 0.6 is 0 Å². The van der Waals surface area contributed by atoms with E-state index in [1.807, 2.05) is 0 Å². The number of amides is 3. The summed E-state index contributed by atoms with van der Waals surface area (Å²) in [5.41, 5.74) is 6.09. The smallest absolute Gasteiger partial charge is 0.724 e. The molecule has 0 aliphatic carbocycles. The molecule has 13 heteroatoms. The molecule has 2 bridgehead atoms. The van der Waals surface area contributed by atoms with E-state index in [4.69, 9.17) is 5.73 Å². The largest absolute Gasteiger partial charge is 1.00 e. The number of fused-ring (bicyclic) bond motifs is 4. The Hall–Kier alpha value is -1.18. The number of urea groups is 1. The van der Waals surface area contributed by atoms with Crippen molar-refractivity contribution in [2.75, 3.05) is 6.54 Å². The van der Waals surface area contributed by atoms with Gasteiger partial charge >= 0.3 is 35.6 Å². The van der Waals surface area contributed by atoms with E-state index in [9.17, 15) is 22.6 Å². The van der Waals surface area contributed by atoms with Crippen LogP contribution < -0.4 is 35.3 Å². The molecule has 0 radical (unpaired) electrons. The van der Waals surface area contributed by atoms with Gasteiger partial charge in [-0.15, -0.1) is 0 Å². The molecule has 114 valence electrons. The van der Waals surface area contributed by atoms with Crippen molar-refractivity contribution in [3.8, 4) is 0 Å². The minimum absolute atomic E-state index is 0. The first-order chi connectivity index (χ1) is 9.70. The Balaban J connectivity index is 0.00000176. The number of rotatable bonds is 3. The molecule has 0 saturated carbocycles. The number of nitrogens with two attached hydrogens (primary N) is 1. The first-order valence-electron chi connectivity index (χ1n) is 5.77. The van der Waals surface area contributed by atoms with E-state index < -0.39 is 34.4 Å². The molecule has 0 aromatic carbocycles. The van der Waals surface area contributed by atoms with Crippen molar-refractivity contribution in [1.29, 1.82) is 0 Å². The van der Waals surface area contributed by atoms with Crippen LogP contribution in [0.5, 0.6) is 0 Å². The Morgan fingerprint density at radius 2 is 2.18 bits per heavy atom. The number of aromatic nitrogens is 2. The summed E-state index contributed by atoms with van der Waals surface area (Å²) < 4.78 is 37.8. The number of hydrogen-bond donors (Lipinski definition) is 1. The van der Waals surface area contributed by atoms with E-state index in [2.05, 4.69) is 9.38 Å². The zero-order valence-corrected chi connectivity index (χ0v) is 14.5. The standard InChI is InChI=1S/C9H11N5O6S.Na/c1-12-6-4(2-11-12)5-3-13(7(6)8(10)15)9(16)14(5)20-21(17,18)19;/h2,5,7H,3H2,1H3,(H2,10,15)(H,17,18,19);/q;+1/p-1/t5-,7+;/m1./s1. The van der Waals surface area contributed by atoms with E-state index in [0.29, 0.717) is 16.3 Å². The van der Waals surface area contributed by atoms with Gasteiger partial charge in [0.25, 0.3) is 0 Å². The maximum atomic E-state index is 12.1. The molecule has 3 rings (SSSR count). The van der Waals surface area contributed by atoms with Crippen molar-refractivity contribution in [2.24, 2.45) is 12.8 Å². The van der Waals surface area contributed by atoms with E-state index in [-0.39, 0.29) is 36.1 Å². The molecule has 2 aliphatic rings. The Kier molecular flexibility index (Phi) is 4.27. The topological polar surface area (TPSA) is 151 Å². The quantitative estimate of drug-likeness (QED) is 0.329. The van der Waals surface area contributed by atoms with Crippen LogP contribution in [-0.2, 0) is 26.5 Å². The number of carbonyl (C=O) groups excluding carboxylic acids is 2. The van der Waals surface area contributed by atoms with Gasteiger partial charge in [-0.25, -0.2) is 13.2 Å². The van der Waals surface area contributed by atoms with Gasteiger partial charge < -0.3 is 15.2 Å². The molecule has 2 aliphatic heterocycles. The van der Waals surface area contributed by atoms with Gasteiger partial charge in [0.05, 0.1) is 18.4 Å². The summed E-state index contributed by atoms with van der Waals surface area (Å²) in [6.07, 6.45) is 1.37. The normalized spacial score (nSPS) is 23.3. The monoisotopic (exact) mass is 339 g/mol. The van der Waals surface area contributed by atoms with E-state index in [1.54, 1.807) is 7.05 Å². The fraction of sp³-hybridized carbons (Fsp3) is 0.444. The average molecular weight is 339 g/mol. The van der Waals surface area contributed by atoms with Crippen LogP contribution in [0.4, 0.5) is 4.79 Å². The Morgan fingerprint density at radius 3 is 2.73 bits per heavy atom. The first kappa shape index (κ1) is 17.2. The van der Waals surface area contributed by atoms with E-state index in [1.165, 1.54) is 10.9 Å². The van der Waals surface area contributed by atoms with Gasteiger partial charge in [-0.05, 0) is 0 Å². The van der Waals surface area contributed by atoms with Crippen LogP contribution in [0.3, 0.4) is 0 Å². The molecule has 11 nitrogen and oxygen atoms in total.